The van der Waals surface area contributed by atoms with Gasteiger partial charge in [-0.05, 0) is 25.0 Å². The molecule has 21 heavy (non-hydrogen) atoms. The topological polar surface area (TPSA) is 87.3 Å². The SMILES string of the molecule is OCc1cc(-n2cc(CN3CCC(O)CC3)nn2)ccn1. The maximum absolute atomic E-state index is 9.51. The maximum Gasteiger partial charge on any atom is 0.0971 e. The van der Waals surface area contributed by atoms with E-state index >= 15 is 0 Å². The molecule has 1 saturated heterocycles. The second-order valence-corrected chi connectivity index (χ2v) is 5.33. The highest BCUT2D eigenvalue weighted by molar-refractivity contribution is 5.30. The van der Waals surface area contributed by atoms with Gasteiger partial charge in [0.1, 0.15) is 0 Å². The molecule has 1 aliphatic heterocycles. The van der Waals surface area contributed by atoms with Crippen LogP contribution in [0.4, 0.5) is 0 Å². The van der Waals surface area contributed by atoms with Crippen molar-refractivity contribution in [2.45, 2.75) is 32.1 Å². The van der Waals surface area contributed by atoms with Crippen LogP contribution in [0.5, 0.6) is 0 Å². The van der Waals surface area contributed by atoms with Crippen LogP contribution in [0, 0.1) is 0 Å². The molecule has 112 valence electrons. The third-order valence-corrected chi connectivity index (χ3v) is 3.71. The van der Waals surface area contributed by atoms with Crippen LogP contribution in [0.2, 0.25) is 0 Å². The number of rotatable bonds is 4. The molecule has 1 fully saturated rings. The molecule has 7 heteroatoms. The van der Waals surface area contributed by atoms with E-state index in [9.17, 15) is 5.11 Å². The van der Waals surface area contributed by atoms with Gasteiger partial charge in [-0.3, -0.25) is 9.88 Å². The molecule has 2 aromatic rings. The van der Waals surface area contributed by atoms with E-state index in [0.717, 1.165) is 43.9 Å². The molecular formula is C14H19N5O2. The molecule has 0 spiro atoms. The van der Waals surface area contributed by atoms with Gasteiger partial charge in [-0.15, -0.1) is 5.10 Å². The summed E-state index contributed by atoms with van der Waals surface area (Å²) in [5, 5.41) is 26.9. The molecule has 0 aromatic carbocycles. The first-order valence-electron chi connectivity index (χ1n) is 7.12. The Morgan fingerprint density at radius 2 is 2.05 bits per heavy atom. The number of likely N-dealkylation sites (tertiary alicyclic amines) is 1. The van der Waals surface area contributed by atoms with Gasteiger partial charge in [0.05, 0.1) is 36.0 Å². The largest absolute Gasteiger partial charge is 0.393 e. The zero-order valence-electron chi connectivity index (χ0n) is 11.8. The van der Waals surface area contributed by atoms with Crippen LogP contribution in [0.3, 0.4) is 0 Å². The fraction of sp³-hybridized carbons (Fsp3) is 0.500. The van der Waals surface area contributed by atoms with Crippen LogP contribution >= 0.6 is 0 Å². The van der Waals surface area contributed by atoms with Crippen LogP contribution in [-0.2, 0) is 13.2 Å². The lowest BCUT2D eigenvalue weighted by Crippen LogP contribution is -2.35. The molecule has 0 saturated carbocycles. The average Bonchev–Trinajstić information content (AvgIpc) is 2.98. The Balaban J connectivity index is 1.68. The van der Waals surface area contributed by atoms with Crippen molar-refractivity contribution in [3.8, 4) is 5.69 Å². The van der Waals surface area contributed by atoms with Gasteiger partial charge in [0.25, 0.3) is 0 Å². The Morgan fingerprint density at radius 1 is 1.24 bits per heavy atom. The van der Waals surface area contributed by atoms with E-state index in [2.05, 4.69) is 20.2 Å². The molecule has 2 aromatic heterocycles. The van der Waals surface area contributed by atoms with Crippen molar-refractivity contribution in [1.82, 2.24) is 24.9 Å². The first-order chi connectivity index (χ1) is 10.2. The minimum absolute atomic E-state index is 0.0918. The second kappa shape index (κ2) is 6.30. The van der Waals surface area contributed by atoms with Crippen LogP contribution in [-0.4, -0.2) is 54.3 Å². The number of aliphatic hydroxyl groups is 2. The zero-order valence-corrected chi connectivity index (χ0v) is 11.8. The van der Waals surface area contributed by atoms with Crippen molar-refractivity contribution in [3.05, 3.63) is 35.9 Å². The normalized spacial score (nSPS) is 17.2. The fourth-order valence-electron chi connectivity index (χ4n) is 2.50. The van der Waals surface area contributed by atoms with Crippen molar-refractivity contribution in [1.29, 1.82) is 0 Å². The van der Waals surface area contributed by atoms with E-state index in [1.807, 2.05) is 12.3 Å². The predicted molar refractivity (Wildman–Crippen MR) is 75.6 cm³/mol. The van der Waals surface area contributed by atoms with Gasteiger partial charge < -0.3 is 10.2 Å². The highest BCUT2D eigenvalue weighted by atomic mass is 16.3. The van der Waals surface area contributed by atoms with E-state index in [1.165, 1.54) is 0 Å². The lowest BCUT2D eigenvalue weighted by Gasteiger charge is -2.28. The first-order valence-corrected chi connectivity index (χ1v) is 7.12. The summed E-state index contributed by atoms with van der Waals surface area (Å²) in [5.74, 6) is 0. The number of nitrogens with zero attached hydrogens (tertiary/aromatic N) is 5. The molecule has 3 rings (SSSR count). The number of hydrogen-bond donors (Lipinski definition) is 2. The van der Waals surface area contributed by atoms with Crippen LogP contribution in [0.15, 0.2) is 24.5 Å². The van der Waals surface area contributed by atoms with Gasteiger partial charge in [-0.1, -0.05) is 5.21 Å². The number of aliphatic hydroxyl groups excluding tert-OH is 2. The van der Waals surface area contributed by atoms with Crippen LogP contribution in [0.25, 0.3) is 5.69 Å². The summed E-state index contributed by atoms with van der Waals surface area (Å²) in [6.07, 6.45) is 5.01. The maximum atomic E-state index is 9.51. The Hall–Kier alpha value is -1.83. The number of pyridine rings is 1. The zero-order chi connectivity index (χ0) is 14.7. The Morgan fingerprint density at radius 3 is 2.81 bits per heavy atom. The number of piperidine rings is 1. The third-order valence-electron chi connectivity index (χ3n) is 3.71. The monoisotopic (exact) mass is 289 g/mol. The van der Waals surface area contributed by atoms with Crippen molar-refractivity contribution < 1.29 is 10.2 Å². The summed E-state index contributed by atoms with van der Waals surface area (Å²) in [5.41, 5.74) is 2.34. The minimum atomic E-state index is -0.161. The molecule has 0 aliphatic carbocycles. The Bertz CT molecular complexity index is 593. The van der Waals surface area contributed by atoms with Gasteiger partial charge in [0, 0.05) is 25.8 Å². The molecule has 0 bridgehead atoms. The quantitative estimate of drug-likeness (QED) is 0.831. The van der Waals surface area contributed by atoms with Gasteiger partial charge in [0.15, 0.2) is 0 Å². The second-order valence-electron chi connectivity index (χ2n) is 5.33. The highest BCUT2D eigenvalue weighted by Crippen LogP contribution is 2.13. The number of aromatic nitrogens is 4. The molecule has 2 N–H and O–H groups in total. The molecule has 0 amide bonds. The van der Waals surface area contributed by atoms with Crippen molar-refractivity contribution in [2.24, 2.45) is 0 Å². The van der Waals surface area contributed by atoms with Crippen LogP contribution < -0.4 is 0 Å². The lowest BCUT2D eigenvalue weighted by atomic mass is 10.1. The van der Waals surface area contributed by atoms with E-state index in [4.69, 9.17) is 5.11 Å². The molecule has 3 heterocycles. The van der Waals surface area contributed by atoms with E-state index in [0.29, 0.717) is 5.69 Å². The first kappa shape index (κ1) is 14.1. The molecule has 7 nitrogen and oxygen atoms in total. The van der Waals surface area contributed by atoms with Crippen molar-refractivity contribution in [2.75, 3.05) is 13.1 Å². The predicted octanol–water partition coefficient (Wildman–Crippen LogP) is 0.111. The summed E-state index contributed by atoms with van der Waals surface area (Å²) in [7, 11) is 0. The van der Waals surface area contributed by atoms with E-state index in [1.54, 1.807) is 16.9 Å². The summed E-state index contributed by atoms with van der Waals surface area (Å²) >= 11 is 0. The molecule has 0 radical (unpaired) electrons. The molecule has 0 atom stereocenters. The van der Waals surface area contributed by atoms with Gasteiger partial charge in [0.2, 0.25) is 0 Å². The standard InChI is InChI=1S/C14H19N5O2/c20-10-11-7-13(1-4-15-11)19-9-12(16-17-19)8-18-5-2-14(21)3-6-18/h1,4,7,9,14,20-21H,2-3,5-6,8,10H2. The highest BCUT2D eigenvalue weighted by Gasteiger charge is 2.18. The smallest absolute Gasteiger partial charge is 0.0971 e. The third kappa shape index (κ3) is 3.44. The average molecular weight is 289 g/mol. The van der Waals surface area contributed by atoms with Crippen LogP contribution in [0.1, 0.15) is 24.2 Å². The summed E-state index contributed by atoms with van der Waals surface area (Å²) in [4.78, 5) is 6.32. The Kier molecular flexibility index (Phi) is 4.23. The van der Waals surface area contributed by atoms with E-state index in [-0.39, 0.29) is 12.7 Å². The summed E-state index contributed by atoms with van der Waals surface area (Å²) in [6, 6.07) is 3.62. The summed E-state index contributed by atoms with van der Waals surface area (Å²) in [6.45, 7) is 2.42. The molecular weight excluding hydrogens is 270 g/mol. The Labute approximate surface area is 122 Å². The van der Waals surface area contributed by atoms with Gasteiger partial charge in [-0.2, -0.15) is 0 Å². The molecule has 0 unspecified atom stereocenters. The van der Waals surface area contributed by atoms with Crippen molar-refractivity contribution >= 4 is 0 Å². The molecule has 1 aliphatic rings. The van der Waals surface area contributed by atoms with Crippen molar-refractivity contribution in [3.63, 3.8) is 0 Å². The fourth-order valence-corrected chi connectivity index (χ4v) is 2.50. The minimum Gasteiger partial charge on any atom is -0.393 e. The lowest BCUT2D eigenvalue weighted by molar-refractivity contribution is 0.0786. The van der Waals surface area contributed by atoms with E-state index < -0.39 is 0 Å². The number of hydrogen-bond acceptors (Lipinski definition) is 6. The van der Waals surface area contributed by atoms with Gasteiger partial charge >= 0.3 is 0 Å². The van der Waals surface area contributed by atoms with Gasteiger partial charge in [-0.25, -0.2) is 4.68 Å². The summed E-state index contributed by atoms with van der Waals surface area (Å²) < 4.78 is 1.69.